The molecule has 0 saturated heterocycles. The lowest BCUT2D eigenvalue weighted by atomic mass is 9.43. The molecule has 6 aliphatic carbocycles. The second kappa shape index (κ2) is 11.6. The van der Waals surface area contributed by atoms with Gasteiger partial charge in [0.2, 0.25) is 0 Å². The van der Waals surface area contributed by atoms with Crippen molar-refractivity contribution >= 4 is 5.97 Å². The maximum Gasteiger partial charge on any atom is 0.309 e. The van der Waals surface area contributed by atoms with Gasteiger partial charge in [0.15, 0.2) is 0 Å². The number of allylic oxidation sites excluding steroid dienone is 4. The maximum atomic E-state index is 13.6. The van der Waals surface area contributed by atoms with Crippen LogP contribution in [0.25, 0.3) is 0 Å². The van der Waals surface area contributed by atoms with Crippen LogP contribution in [0, 0.1) is 57.2 Å². The Balaban J connectivity index is 1.17. The molecule has 242 valence electrons. The third-order valence-electron chi connectivity index (χ3n) is 15.7. The zero-order valence-corrected chi connectivity index (χ0v) is 29.5. The molecular weight excluding hydrogens is 524 g/mol. The van der Waals surface area contributed by atoms with E-state index in [1.165, 1.54) is 95.5 Å². The largest absolute Gasteiger partial charge is 0.462 e. The highest BCUT2D eigenvalue weighted by molar-refractivity contribution is 5.73. The Morgan fingerprint density at radius 3 is 2.35 bits per heavy atom. The molecule has 43 heavy (non-hydrogen) atoms. The summed E-state index contributed by atoms with van der Waals surface area (Å²) in [5, 5.41) is 0. The third kappa shape index (κ3) is 5.23. The molecule has 2 heteroatoms. The molecule has 0 amide bonds. The Kier molecular flexibility index (Phi) is 8.63. The summed E-state index contributed by atoms with van der Waals surface area (Å²) >= 11 is 0. The molecule has 0 aromatic heterocycles. The summed E-state index contributed by atoms with van der Waals surface area (Å²) in [6.07, 6.45) is 24.3. The van der Waals surface area contributed by atoms with Crippen LogP contribution in [0.15, 0.2) is 22.8 Å². The lowest BCUT2D eigenvalue weighted by Crippen LogP contribution is -2.56. The highest BCUT2D eigenvalue weighted by Crippen LogP contribution is 2.72. The van der Waals surface area contributed by atoms with Crippen LogP contribution in [-0.2, 0) is 9.53 Å². The Morgan fingerprint density at radius 1 is 0.860 bits per heavy atom. The minimum Gasteiger partial charge on any atom is -0.462 e. The molecule has 2 nitrogen and oxygen atoms in total. The van der Waals surface area contributed by atoms with E-state index in [9.17, 15) is 4.79 Å². The molecule has 4 fully saturated rings. The quantitative estimate of drug-likeness (QED) is 0.227. The fourth-order valence-electron chi connectivity index (χ4n) is 13.0. The van der Waals surface area contributed by atoms with Crippen molar-refractivity contribution in [2.75, 3.05) is 0 Å². The van der Waals surface area contributed by atoms with Gasteiger partial charge in [0.05, 0.1) is 5.92 Å². The molecule has 0 aromatic carbocycles. The molecule has 4 saturated carbocycles. The zero-order valence-electron chi connectivity index (χ0n) is 29.5. The molecule has 0 aliphatic heterocycles. The second-order valence-corrected chi connectivity index (χ2v) is 18.3. The molecule has 0 heterocycles. The lowest BCUT2D eigenvalue weighted by molar-refractivity contribution is -0.176. The first kappa shape index (κ1) is 31.9. The molecule has 0 aromatic rings. The van der Waals surface area contributed by atoms with Crippen molar-refractivity contribution in [3.05, 3.63) is 22.8 Å². The van der Waals surface area contributed by atoms with Crippen molar-refractivity contribution in [1.82, 2.24) is 0 Å². The van der Waals surface area contributed by atoms with Crippen molar-refractivity contribution in [2.24, 2.45) is 57.2 Å². The van der Waals surface area contributed by atoms with Crippen LogP contribution in [0.1, 0.15) is 165 Å². The van der Waals surface area contributed by atoms with Crippen LogP contribution >= 0.6 is 0 Å². The number of carbonyl (C=O) groups excluding carboxylic acids is 1. The average molecular weight is 591 g/mol. The fourth-order valence-corrected chi connectivity index (χ4v) is 13.0. The van der Waals surface area contributed by atoms with Crippen molar-refractivity contribution in [2.45, 2.75) is 171 Å². The van der Waals surface area contributed by atoms with Gasteiger partial charge in [-0.2, -0.15) is 0 Å². The maximum absolute atomic E-state index is 13.6. The van der Waals surface area contributed by atoms with Crippen LogP contribution in [-0.4, -0.2) is 12.1 Å². The highest BCUT2D eigenvalue weighted by atomic mass is 16.5. The van der Waals surface area contributed by atoms with Crippen LogP contribution in [0.2, 0.25) is 0 Å². The molecule has 10 atom stereocenters. The lowest BCUT2D eigenvalue weighted by Gasteiger charge is -2.62. The third-order valence-corrected chi connectivity index (χ3v) is 15.7. The predicted octanol–water partition coefficient (Wildman–Crippen LogP) is 11.6. The predicted molar refractivity (Wildman–Crippen MR) is 180 cm³/mol. The van der Waals surface area contributed by atoms with Gasteiger partial charge in [0.1, 0.15) is 6.10 Å². The van der Waals surface area contributed by atoms with E-state index in [1.807, 2.05) is 11.1 Å². The van der Waals surface area contributed by atoms with Gasteiger partial charge >= 0.3 is 5.97 Å². The first-order chi connectivity index (χ1) is 20.3. The number of esters is 1. The van der Waals surface area contributed by atoms with Crippen LogP contribution in [0.5, 0.6) is 0 Å². The summed E-state index contributed by atoms with van der Waals surface area (Å²) in [4.78, 5) is 13.6. The van der Waals surface area contributed by atoms with E-state index in [-0.39, 0.29) is 28.8 Å². The number of hydrogen-bond acceptors (Lipinski definition) is 2. The Bertz CT molecular complexity index is 1120. The van der Waals surface area contributed by atoms with Gasteiger partial charge in [-0.05, 0) is 143 Å². The summed E-state index contributed by atoms with van der Waals surface area (Å²) < 4.78 is 6.59. The van der Waals surface area contributed by atoms with Crippen LogP contribution < -0.4 is 0 Å². The Hall–Kier alpha value is -1.05. The van der Waals surface area contributed by atoms with Crippen LogP contribution in [0.4, 0.5) is 0 Å². The summed E-state index contributed by atoms with van der Waals surface area (Å²) in [5.74, 6) is 4.21. The molecular formula is C41H66O2. The molecule has 0 bridgehead atoms. The van der Waals surface area contributed by atoms with Gasteiger partial charge in [-0.15, -0.1) is 0 Å². The van der Waals surface area contributed by atoms with E-state index in [1.54, 1.807) is 0 Å². The number of ether oxygens (including phenoxy) is 1. The van der Waals surface area contributed by atoms with Gasteiger partial charge in [0.25, 0.3) is 0 Å². The number of carbonyl (C=O) groups is 1. The minimum absolute atomic E-state index is 0.0303. The number of fused-ring (bicyclic) bond motifs is 5. The van der Waals surface area contributed by atoms with E-state index in [0.29, 0.717) is 16.7 Å². The standard InChI is InChI=1S/C41H66O2/c1-27(2)12-11-13-28(3)32-20-24-41(8)34-18-19-35-38(4,5)36(22-23-39(35,6)33(34)21-25-40(32,41)7)43-37(42)31-17-16-29-14-9-10-15-30(29)26-31/h12,28-32,35-36H,9-11,13-26H2,1-8H3/t28-,29?,30?,31?,32-,35?,36+,39-,40-,41+/m1/s1. The summed E-state index contributed by atoms with van der Waals surface area (Å²) in [6, 6.07) is 0. The average Bonchev–Trinajstić information content (AvgIpc) is 3.25. The van der Waals surface area contributed by atoms with Gasteiger partial charge in [-0.1, -0.05) is 90.0 Å². The Labute approximate surface area is 265 Å². The molecule has 6 aliphatic rings. The van der Waals surface area contributed by atoms with E-state index < -0.39 is 0 Å². The summed E-state index contributed by atoms with van der Waals surface area (Å²) in [7, 11) is 0. The molecule has 0 spiro atoms. The number of rotatable bonds is 6. The molecule has 6 rings (SSSR count). The van der Waals surface area contributed by atoms with Gasteiger partial charge < -0.3 is 4.74 Å². The van der Waals surface area contributed by atoms with Crippen molar-refractivity contribution in [3.63, 3.8) is 0 Å². The van der Waals surface area contributed by atoms with Gasteiger partial charge in [-0.25, -0.2) is 0 Å². The topological polar surface area (TPSA) is 26.3 Å². The summed E-state index contributed by atoms with van der Waals surface area (Å²) in [6.45, 7) is 20.0. The van der Waals surface area contributed by atoms with Crippen molar-refractivity contribution < 1.29 is 9.53 Å². The van der Waals surface area contributed by atoms with Gasteiger partial charge in [0, 0.05) is 5.41 Å². The zero-order chi connectivity index (χ0) is 30.8. The van der Waals surface area contributed by atoms with E-state index in [0.717, 1.165) is 42.9 Å². The van der Waals surface area contributed by atoms with Crippen molar-refractivity contribution in [3.8, 4) is 0 Å². The van der Waals surface area contributed by atoms with Crippen molar-refractivity contribution in [1.29, 1.82) is 0 Å². The second-order valence-electron chi connectivity index (χ2n) is 18.3. The minimum atomic E-state index is 0.0303. The molecule has 0 N–H and O–H groups in total. The fraction of sp³-hybridized carbons (Fsp3) is 0.878. The molecule has 4 unspecified atom stereocenters. The highest BCUT2D eigenvalue weighted by Gasteiger charge is 2.63. The Morgan fingerprint density at radius 2 is 1.60 bits per heavy atom. The van der Waals surface area contributed by atoms with Crippen LogP contribution in [0.3, 0.4) is 0 Å². The smallest absolute Gasteiger partial charge is 0.309 e. The van der Waals surface area contributed by atoms with E-state index in [2.05, 4.69) is 61.5 Å². The first-order valence-corrected chi connectivity index (χ1v) is 18.9. The van der Waals surface area contributed by atoms with E-state index >= 15 is 0 Å². The monoisotopic (exact) mass is 591 g/mol. The first-order valence-electron chi connectivity index (χ1n) is 18.9. The normalized spacial score (nSPS) is 44.4. The SMILES string of the molecule is CC(C)=CCC[C@@H](C)[C@H]1CC[C@@]2(C)C3=C(CC[C@]12C)[C@@]1(C)CC[C@H](OC(=O)C2CCC4CCCCC4C2)C(C)(C)C1CC3. The summed E-state index contributed by atoms with van der Waals surface area (Å²) in [5.41, 5.74) is 6.28. The molecule has 0 radical (unpaired) electrons. The van der Waals surface area contributed by atoms with E-state index in [4.69, 9.17) is 4.74 Å². The number of hydrogen-bond donors (Lipinski definition) is 0. The van der Waals surface area contributed by atoms with Gasteiger partial charge in [-0.3, -0.25) is 4.79 Å².